The minimum absolute atomic E-state index is 0.265. The van der Waals surface area contributed by atoms with E-state index in [1.165, 1.54) is 24.3 Å². The number of aliphatic imine (C=N–C) groups is 2. The standard InChI is InChI=1S/C12H20N2/c1-11(2)8-6-7-12(11,3)10(14-5)9(8)13-4/h8H,6-7H2,1-5H3. The van der Waals surface area contributed by atoms with Crippen LogP contribution >= 0.6 is 0 Å². The first kappa shape index (κ1) is 9.88. The Morgan fingerprint density at radius 1 is 1.14 bits per heavy atom. The highest BCUT2D eigenvalue weighted by Crippen LogP contribution is 2.62. The van der Waals surface area contributed by atoms with Gasteiger partial charge in [-0.25, -0.2) is 0 Å². The average Bonchev–Trinajstić information content (AvgIpc) is 2.46. The molecule has 2 rings (SSSR count). The summed E-state index contributed by atoms with van der Waals surface area (Å²) in [5, 5.41) is 0. The van der Waals surface area contributed by atoms with E-state index in [0.717, 1.165) is 0 Å². The van der Waals surface area contributed by atoms with Crippen molar-refractivity contribution in [2.24, 2.45) is 26.7 Å². The quantitative estimate of drug-likeness (QED) is 0.563. The molecule has 0 aromatic carbocycles. The van der Waals surface area contributed by atoms with Crippen LogP contribution in [0.25, 0.3) is 0 Å². The van der Waals surface area contributed by atoms with Crippen LogP contribution in [0.4, 0.5) is 0 Å². The van der Waals surface area contributed by atoms with Gasteiger partial charge < -0.3 is 0 Å². The summed E-state index contributed by atoms with van der Waals surface area (Å²) in [4.78, 5) is 8.92. The van der Waals surface area contributed by atoms with E-state index in [0.29, 0.717) is 11.3 Å². The summed E-state index contributed by atoms with van der Waals surface area (Å²) in [5.74, 6) is 0.635. The van der Waals surface area contributed by atoms with Crippen molar-refractivity contribution in [1.82, 2.24) is 0 Å². The summed E-state index contributed by atoms with van der Waals surface area (Å²) in [6, 6.07) is 0. The van der Waals surface area contributed by atoms with E-state index in [1.54, 1.807) is 0 Å². The van der Waals surface area contributed by atoms with Crippen LogP contribution in [0.1, 0.15) is 33.6 Å². The van der Waals surface area contributed by atoms with Gasteiger partial charge in [-0.2, -0.15) is 0 Å². The first-order valence-corrected chi connectivity index (χ1v) is 5.43. The minimum atomic E-state index is 0.265. The summed E-state index contributed by atoms with van der Waals surface area (Å²) >= 11 is 0. The van der Waals surface area contributed by atoms with E-state index in [2.05, 4.69) is 30.8 Å². The second-order valence-corrected chi connectivity index (χ2v) is 5.33. The van der Waals surface area contributed by atoms with Gasteiger partial charge in [0.15, 0.2) is 0 Å². The highest BCUT2D eigenvalue weighted by molar-refractivity contribution is 6.48. The number of fused-ring (bicyclic) bond motifs is 2. The molecule has 0 aromatic heterocycles. The van der Waals surface area contributed by atoms with Crippen molar-refractivity contribution in [2.45, 2.75) is 33.6 Å². The topological polar surface area (TPSA) is 24.7 Å². The molecule has 0 amide bonds. The van der Waals surface area contributed by atoms with Crippen LogP contribution in [0.3, 0.4) is 0 Å². The third-order valence-electron chi connectivity index (χ3n) is 4.79. The maximum atomic E-state index is 4.48. The van der Waals surface area contributed by atoms with Gasteiger partial charge in [0.1, 0.15) is 0 Å². The van der Waals surface area contributed by atoms with Crippen LogP contribution in [0.2, 0.25) is 0 Å². The Morgan fingerprint density at radius 2 is 1.79 bits per heavy atom. The van der Waals surface area contributed by atoms with Crippen molar-refractivity contribution in [2.75, 3.05) is 14.1 Å². The molecule has 2 unspecified atom stereocenters. The Hall–Kier alpha value is -0.660. The summed E-state index contributed by atoms with van der Waals surface area (Å²) in [5.41, 5.74) is 3.14. The lowest BCUT2D eigenvalue weighted by Gasteiger charge is -2.33. The van der Waals surface area contributed by atoms with Gasteiger partial charge in [0.25, 0.3) is 0 Å². The Labute approximate surface area is 86.5 Å². The van der Waals surface area contributed by atoms with E-state index >= 15 is 0 Å². The third-order valence-corrected chi connectivity index (χ3v) is 4.79. The van der Waals surface area contributed by atoms with Gasteiger partial charge in [-0.1, -0.05) is 20.8 Å². The van der Waals surface area contributed by atoms with E-state index in [1.807, 2.05) is 14.1 Å². The molecule has 2 bridgehead atoms. The van der Waals surface area contributed by atoms with Crippen LogP contribution in [-0.4, -0.2) is 25.5 Å². The fraction of sp³-hybridized carbons (Fsp3) is 0.833. The molecule has 0 aliphatic heterocycles. The van der Waals surface area contributed by atoms with Gasteiger partial charge in [0.05, 0.1) is 11.4 Å². The monoisotopic (exact) mass is 192 g/mol. The summed E-state index contributed by atoms with van der Waals surface area (Å²) in [6.07, 6.45) is 2.56. The molecular formula is C12H20N2. The van der Waals surface area contributed by atoms with E-state index in [9.17, 15) is 0 Å². The maximum Gasteiger partial charge on any atom is 0.0622 e. The van der Waals surface area contributed by atoms with Gasteiger partial charge in [-0.05, 0) is 18.3 Å². The Balaban J connectivity index is 2.60. The molecule has 0 spiro atoms. The van der Waals surface area contributed by atoms with Crippen molar-refractivity contribution in [1.29, 1.82) is 0 Å². The summed E-state index contributed by atoms with van der Waals surface area (Å²) in [6.45, 7) is 7.09. The van der Waals surface area contributed by atoms with Gasteiger partial charge in [-0.3, -0.25) is 9.98 Å². The Kier molecular flexibility index (Phi) is 1.89. The molecule has 2 saturated carbocycles. The average molecular weight is 192 g/mol. The molecule has 2 nitrogen and oxygen atoms in total. The van der Waals surface area contributed by atoms with Crippen molar-refractivity contribution >= 4 is 11.4 Å². The van der Waals surface area contributed by atoms with Crippen LogP contribution in [-0.2, 0) is 0 Å². The molecule has 0 heterocycles. The SMILES string of the molecule is CN=C1C(=NC)C2(C)CCC1C2(C)C. The normalized spacial score (nSPS) is 45.4. The second kappa shape index (κ2) is 2.68. The molecule has 0 radical (unpaired) electrons. The summed E-state index contributed by atoms with van der Waals surface area (Å²) < 4.78 is 0. The lowest BCUT2D eigenvalue weighted by Crippen LogP contribution is -2.33. The predicted molar refractivity (Wildman–Crippen MR) is 61.3 cm³/mol. The molecule has 2 aliphatic rings. The van der Waals surface area contributed by atoms with Crippen LogP contribution in [0.5, 0.6) is 0 Å². The van der Waals surface area contributed by atoms with Crippen LogP contribution in [0, 0.1) is 16.7 Å². The predicted octanol–water partition coefficient (Wildman–Crippen LogP) is 2.58. The molecular weight excluding hydrogens is 172 g/mol. The van der Waals surface area contributed by atoms with Gasteiger partial charge in [0.2, 0.25) is 0 Å². The molecule has 2 fully saturated rings. The van der Waals surface area contributed by atoms with Crippen LogP contribution in [0.15, 0.2) is 9.98 Å². The van der Waals surface area contributed by atoms with Crippen molar-refractivity contribution in [3.8, 4) is 0 Å². The lowest BCUT2D eigenvalue weighted by atomic mass is 9.70. The van der Waals surface area contributed by atoms with E-state index in [-0.39, 0.29) is 5.41 Å². The van der Waals surface area contributed by atoms with Crippen LogP contribution < -0.4 is 0 Å². The van der Waals surface area contributed by atoms with Gasteiger partial charge in [-0.15, -0.1) is 0 Å². The first-order valence-electron chi connectivity index (χ1n) is 5.43. The number of hydrogen-bond donors (Lipinski definition) is 0. The smallest absolute Gasteiger partial charge is 0.0622 e. The molecule has 2 atom stereocenters. The molecule has 0 aromatic rings. The van der Waals surface area contributed by atoms with E-state index in [4.69, 9.17) is 0 Å². The second-order valence-electron chi connectivity index (χ2n) is 5.33. The summed E-state index contributed by atoms with van der Waals surface area (Å²) in [7, 11) is 3.81. The molecule has 0 N–H and O–H groups in total. The maximum absolute atomic E-state index is 4.48. The van der Waals surface area contributed by atoms with Gasteiger partial charge >= 0.3 is 0 Å². The number of rotatable bonds is 0. The number of hydrogen-bond acceptors (Lipinski definition) is 2. The third kappa shape index (κ3) is 0.825. The lowest BCUT2D eigenvalue weighted by molar-refractivity contribution is 0.208. The Morgan fingerprint density at radius 3 is 2.21 bits per heavy atom. The largest absolute Gasteiger partial charge is 0.291 e. The molecule has 2 heteroatoms. The highest BCUT2D eigenvalue weighted by atomic mass is 14.9. The molecule has 0 saturated heterocycles. The van der Waals surface area contributed by atoms with Crippen molar-refractivity contribution < 1.29 is 0 Å². The van der Waals surface area contributed by atoms with E-state index < -0.39 is 0 Å². The first-order chi connectivity index (χ1) is 6.49. The van der Waals surface area contributed by atoms with Crippen molar-refractivity contribution in [3.63, 3.8) is 0 Å². The van der Waals surface area contributed by atoms with Gasteiger partial charge in [0, 0.05) is 25.4 Å². The fourth-order valence-corrected chi connectivity index (χ4v) is 3.47. The minimum Gasteiger partial charge on any atom is -0.291 e. The Bertz CT molecular complexity index is 325. The number of nitrogens with zero attached hydrogens (tertiary/aromatic N) is 2. The zero-order valence-corrected chi connectivity index (χ0v) is 9.89. The molecule has 78 valence electrons. The van der Waals surface area contributed by atoms with Crippen molar-refractivity contribution in [3.05, 3.63) is 0 Å². The zero-order chi connectivity index (χ0) is 10.6. The molecule has 14 heavy (non-hydrogen) atoms. The highest BCUT2D eigenvalue weighted by Gasteiger charge is 2.62. The zero-order valence-electron chi connectivity index (χ0n) is 9.89. The molecule has 2 aliphatic carbocycles. The fourth-order valence-electron chi connectivity index (χ4n) is 3.47.